The second-order valence-electron chi connectivity index (χ2n) is 1.35. The molecule has 0 N–H and O–H groups in total. The maximum Gasteiger partial charge on any atom is 0.140 e. The fourth-order valence-corrected chi connectivity index (χ4v) is 0.336. The molecule has 46 valence electrons. The molecule has 2 heteroatoms. The van der Waals surface area contributed by atoms with Crippen molar-refractivity contribution in [1.82, 2.24) is 0 Å². The molecule has 0 aromatic rings. The Balaban J connectivity index is 3.26. The topological polar surface area (TPSA) is 18.5 Å². The predicted molar refractivity (Wildman–Crippen MR) is 31.5 cm³/mol. The monoisotopic (exact) mass is 114 g/mol. The zero-order valence-corrected chi connectivity index (χ0v) is 5.18. The summed E-state index contributed by atoms with van der Waals surface area (Å²) in [4.78, 5) is 0. The molecule has 0 spiro atoms. The first kappa shape index (κ1) is 7.48. The van der Waals surface area contributed by atoms with Gasteiger partial charge in [-0.3, -0.25) is 0 Å². The number of hydrogen-bond acceptors (Lipinski definition) is 2. The van der Waals surface area contributed by atoms with Crippen LogP contribution in [0.3, 0.4) is 0 Å². The Kier molecular flexibility index (Phi) is 4.33. The predicted octanol–water partition coefficient (Wildman–Crippen LogP) is 0.281. The smallest absolute Gasteiger partial charge is 0.140 e. The molecule has 8 heavy (non-hydrogen) atoms. The third-order valence-electron chi connectivity index (χ3n) is 0.788. The van der Waals surface area contributed by atoms with E-state index in [0.717, 1.165) is 0 Å². The summed E-state index contributed by atoms with van der Waals surface area (Å²) in [6.07, 6.45) is 4.82. The van der Waals surface area contributed by atoms with Gasteiger partial charge in [-0.05, 0) is 0 Å². The quantitative estimate of drug-likeness (QED) is 0.491. The summed E-state index contributed by atoms with van der Waals surface area (Å²) in [5.41, 5.74) is 0. The van der Waals surface area contributed by atoms with Gasteiger partial charge in [0.2, 0.25) is 0 Å². The second kappa shape index (κ2) is 4.63. The van der Waals surface area contributed by atoms with E-state index in [1.807, 2.05) is 0 Å². The molecule has 0 rings (SSSR count). The van der Waals surface area contributed by atoms with Crippen LogP contribution in [0.25, 0.3) is 0 Å². The highest BCUT2D eigenvalue weighted by Gasteiger charge is 1.97. The molecule has 0 saturated carbocycles. The Morgan fingerprint density at radius 2 is 2.25 bits per heavy atom. The van der Waals surface area contributed by atoms with Gasteiger partial charge in [-0.2, -0.15) is 0 Å². The van der Waals surface area contributed by atoms with Crippen LogP contribution in [-0.2, 0) is 9.47 Å². The van der Waals surface area contributed by atoms with Crippen molar-refractivity contribution in [2.45, 2.75) is 6.10 Å². The molecule has 0 aromatic carbocycles. The summed E-state index contributed by atoms with van der Waals surface area (Å²) in [6.45, 7) is 0.465. The van der Waals surface area contributed by atoms with Gasteiger partial charge in [0, 0.05) is 14.2 Å². The number of ether oxygens (including phenoxy) is 2. The van der Waals surface area contributed by atoms with Crippen LogP contribution < -0.4 is 0 Å². The lowest BCUT2D eigenvalue weighted by atomic mass is 10.4. The minimum atomic E-state index is -0.194. The van der Waals surface area contributed by atoms with Gasteiger partial charge in [0.05, 0.1) is 6.61 Å². The lowest BCUT2D eigenvalue weighted by Crippen LogP contribution is -2.13. The van der Waals surface area contributed by atoms with E-state index < -0.39 is 0 Å². The van der Waals surface area contributed by atoms with E-state index in [9.17, 15) is 0 Å². The van der Waals surface area contributed by atoms with Crippen molar-refractivity contribution in [2.75, 3.05) is 20.8 Å². The first-order chi connectivity index (χ1) is 3.85. The SMILES string of the molecule is C#CC(COC)OC. The Morgan fingerprint density at radius 3 is 2.38 bits per heavy atom. The van der Waals surface area contributed by atoms with E-state index in [1.165, 1.54) is 0 Å². The minimum Gasteiger partial charge on any atom is -0.381 e. The number of hydrogen-bond donors (Lipinski definition) is 0. The van der Waals surface area contributed by atoms with E-state index >= 15 is 0 Å². The van der Waals surface area contributed by atoms with Crippen LogP contribution in [0.1, 0.15) is 0 Å². The molecule has 0 bridgehead atoms. The van der Waals surface area contributed by atoms with E-state index in [2.05, 4.69) is 5.92 Å². The average Bonchev–Trinajstić information content (AvgIpc) is 1.83. The molecule has 0 saturated heterocycles. The van der Waals surface area contributed by atoms with Crippen molar-refractivity contribution >= 4 is 0 Å². The Bertz CT molecular complexity index is 83.0. The van der Waals surface area contributed by atoms with E-state index in [4.69, 9.17) is 15.9 Å². The minimum absolute atomic E-state index is 0.194. The molecular formula is C6H10O2. The third kappa shape index (κ3) is 2.62. The highest BCUT2D eigenvalue weighted by molar-refractivity contribution is 4.94. The lowest BCUT2D eigenvalue weighted by Gasteiger charge is -2.04. The van der Waals surface area contributed by atoms with Crippen LogP contribution >= 0.6 is 0 Å². The fraction of sp³-hybridized carbons (Fsp3) is 0.667. The zero-order chi connectivity index (χ0) is 6.41. The Labute approximate surface area is 49.8 Å². The Hall–Kier alpha value is -0.520. The molecule has 1 atom stereocenters. The van der Waals surface area contributed by atoms with Crippen LogP contribution in [0, 0.1) is 12.3 Å². The van der Waals surface area contributed by atoms with Crippen LogP contribution in [0.4, 0.5) is 0 Å². The van der Waals surface area contributed by atoms with Crippen LogP contribution in [0.2, 0.25) is 0 Å². The first-order valence-corrected chi connectivity index (χ1v) is 2.33. The molecule has 0 aliphatic carbocycles. The number of terminal acetylenes is 1. The molecule has 0 aromatic heterocycles. The summed E-state index contributed by atoms with van der Waals surface area (Å²) in [7, 11) is 3.15. The van der Waals surface area contributed by atoms with Crippen molar-refractivity contribution in [3.05, 3.63) is 0 Å². The van der Waals surface area contributed by atoms with Gasteiger partial charge in [0.1, 0.15) is 6.10 Å². The van der Waals surface area contributed by atoms with Gasteiger partial charge >= 0.3 is 0 Å². The largest absolute Gasteiger partial charge is 0.381 e. The van der Waals surface area contributed by atoms with Crippen LogP contribution in [-0.4, -0.2) is 26.9 Å². The molecule has 0 aliphatic rings. The summed E-state index contributed by atoms with van der Waals surface area (Å²) < 4.78 is 9.50. The van der Waals surface area contributed by atoms with E-state index in [1.54, 1.807) is 14.2 Å². The first-order valence-electron chi connectivity index (χ1n) is 2.33. The van der Waals surface area contributed by atoms with Gasteiger partial charge in [-0.15, -0.1) is 6.42 Å². The molecule has 1 unspecified atom stereocenters. The van der Waals surface area contributed by atoms with Crippen molar-refractivity contribution in [3.63, 3.8) is 0 Å². The van der Waals surface area contributed by atoms with Gasteiger partial charge in [0.15, 0.2) is 0 Å². The third-order valence-corrected chi connectivity index (χ3v) is 0.788. The maximum atomic E-state index is 5.01. The molecular weight excluding hydrogens is 104 g/mol. The van der Waals surface area contributed by atoms with Gasteiger partial charge < -0.3 is 9.47 Å². The van der Waals surface area contributed by atoms with Gasteiger partial charge in [-0.25, -0.2) is 0 Å². The zero-order valence-electron chi connectivity index (χ0n) is 5.18. The normalized spacial score (nSPS) is 12.6. The van der Waals surface area contributed by atoms with Crippen LogP contribution in [0.15, 0.2) is 0 Å². The standard InChI is InChI=1S/C6H10O2/c1-4-6(8-3)5-7-2/h1,6H,5H2,2-3H3. The Morgan fingerprint density at radius 1 is 1.62 bits per heavy atom. The molecule has 0 aliphatic heterocycles. The van der Waals surface area contributed by atoms with Crippen LogP contribution in [0.5, 0.6) is 0 Å². The molecule has 2 nitrogen and oxygen atoms in total. The van der Waals surface area contributed by atoms with E-state index in [0.29, 0.717) is 6.61 Å². The average molecular weight is 114 g/mol. The summed E-state index contributed by atoms with van der Waals surface area (Å²) >= 11 is 0. The van der Waals surface area contributed by atoms with Crippen molar-refractivity contribution < 1.29 is 9.47 Å². The molecule has 0 amide bonds. The maximum absolute atomic E-state index is 5.01. The highest BCUT2D eigenvalue weighted by Crippen LogP contribution is 1.85. The lowest BCUT2D eigenvalue weighted by molar-refractivity contribution is 0.0628. The van der Waals surface area contributed by atoms with Gasteiger partial charge in [-0.1, -0.05) is 5.92 Å². The molecule has 0 fully saturated rings. The second-order valence-corrected chi connectivity index (χ2v) is 1.35. The summed E-state index contributed by atoms with van der Waals surface area (Å²) in [6, 6.07) is 0. The molecule has 0 radical (unpaired) electrons. The summed E-state index contributed by atoms with van der Waals surface area (Å²) in [5.74, 6) is 2.41. The van der Waals surface area contributed by atoms with Crippen molar-refractivity contribution in [1.29, 1.82) is 0 Å². The number of methoxy groups -OCH3 is 2. The van der Waals surface area contributed by atoms with E-state index in [-0.39, 0.29) is 6.10 Å². The highest BCUT2D eigenvalue weighted by atomic mass is 16.5. The summed E-state index contributed by atoms with van der Waals surface area (Å²) in [5, 5.41) is 0. The fourth-order valence-electron chi connectivity index (χ4n) is 0.336. The van der Waals surface area contributed by atoms with Gasteiger partial charge in [0.25, 0.3) is 0 Å². The van der Waals surface area contributed by atoms with Crippen molar-refractivity contribution in [2.24, 2.45) is 0 Å². The number of rotatable bonds is 3. The molecule has 0 heterocycles. The van der Waals surface area contributed by atoms with Crippen molar-refractivity contribution in [3.8, 4) is 12.3 Å².